The predicted octanol–water partition coefficient (Wildman–Crippen LogP) is 3.38. The zero-order valence-corrected chi connectivity index (χ0v) is 10.6. The van der Waals surface area contributed by atoms with Crippen LogP contribution in [0.3, 0.4) is 0 Å². The van der Waals surface area contributed by atoms with E-state index in [0.717, 1.165) is 0 Å². The van der Waals surface area contributed by atoms with Crippen LogP contribution in [0.4, 0.5) is 5.69 Å². The molecule has 0 aromatic heterocycles. The molecule has 1 aromatic rings. The highest BCUT2D eigenvalue weighted by atomic mass is 35.5. The summed E-state index contributed by atoms with van der Waals surface area (Å²) in [6, 6.07) is 4.39. The zero-order chi connectivity index (χ0) is 13.9. The molecule has 0 aliphatic heterocycles. The van der Waals surface area contributed by atoms with E-state index in [-0.39, 0.29) is 16.3 Å². The summed E-state index contributed by atoms with van der Waals surface area (Å²) < 4.78 is 0. The van der Waals surface area contributed by atoms with Gasteiger partial charge in [0.2, 0.25) is 0 Å². The molecule has 1 rings (SSSR count). The van der Waals surface area contributed by atoms with E-state index in [1.54, 1.807) is 13.0 Å². The number of aliphatic carboxylic acids is 1. The summed E-state index contributed by atoms with van der Waals surface area (Å²) in [5.41, 5.74) is 0.339. The molecule has 1 unspecified atom stereocenters. The molecular formula is C12H12ClNO4. The van der Waals surface area contributed by atoms with E-state index in [9.17, 15) is 14.9 Å². The average molecular weight is 270 g/mol. The third-order valence-corrected chi connectivity index (χ3v) is 2.85. The van der Waals surface area contributed by atoms with E-state index in [1.807, 2.05) is 0 Å². The maximum Gasteiger partial charge on any atom is 0.330 e. The number of hydrogen-bond acceptors (Lipinski definition) is 3. The Kier molecular flexibility index (Phi) is 4.44. The number of carbonyl (C=O) groups is 1. The summed E-state index contributed by atoms with van der Waals surface area (Å²) in [5, 5.41) is 20.0. The van der Waals surface area contributed by atoms with Crippen LogP contribution in [0.1, 0.15) is 25.3 Å². The second-order valence-corrected chi connectivity index (χ2v) is 4.28. The van der Waals surface area contributed by atoms with Gasteiger partial charge in [-0.1, -0.05) is 30.7 Å². The van der Waals surface area contributed by atoms with Gasteiger partial charge in [-0.2, -0.15) is 0 Å². The normalized spacial score (nSPS) is 13.2. The fourth-order valence-electron chi connectivity index (χ4n) is 1.67. The van der Waals surface area contributed by atoms with Crippen molar-refractivity contribution in [3.63, 3.8) is 0 Å². The van der Waals surface area contributed by atoms with Gasteiger partial charge in [-0.05, 0) is 13.0 Å². The van der Waals surface area contributed by atoms with Crippen LogP contribution < -0.4 is 0 Å². The Morgan fingerprint density at radius 2 is 2.17 bits per heavy atom. The molecule has 0 bridgehead atoms. The molecule has 1 aromatic carbocycles. The van der Waals surface area contributed by atoms with Gasteiger partial charge in [0.05, 0.1) is 15.5 Å². The van der Waals surface area contributed by atoms with Crippen molar-refractivity contribution in [1.29, 1.82) is 0 Å². The zero-order valence-electron chi connectivity index (χ0n) is 9.88. The Morgan fingerprint density at radius 3 is 2.67 bits per heavy atom. The molecule has 0 heterocycles. The lowest BCUT2D eigenvalue weighted by Gasteiger charge is -2.10. The van der Waals surface area contributed by atoms with E-state index in [1.165, 1.54) is 25.1 Å². The minimum absolute atomic E-state index is 0.107. The van der Waals surface area contributed by atoms with Crippen LogP contribution in [0.2, 0.25) is 5.02 Å². The lowest BCUT2D eigenvalue weighted by molar-refractivity contribution is -0.385. The fraction of sp³-hybridized carbons (Fsp3) is 0.250. The Morgan fingerprint density at radius 1 is 1.56 bits per heavy atom. The van der Waals surface area contributed by atoms with Crippen molar-refractivity contribution in [3.8, 4) is 0 Å². The Balaban J connectivity index is 3.28. The number of carboxylic acids is 1. The molecule has 0 spiro atoms. The molecule has 0 fully saturated rings. The van der Waals surface area contributed by atoms with E-state index in [2.05, 4.69) is 0 Å². The average Bonchev–Trinajstić information content (AvgIpc) is 2.27. The monoisotopic (exact) mass is 269 g/mol. The standard InChI is InChI=1S/C12H12ClNO4/c1-7(6-8(2)12(15)16)11-9(13)4-3-5-10(11)14(17)18/h3-7H,1-2H3,(H,15,16). The van der Waals surface area contributed by atoms with Gasteiger partial charge in [-0.3, -0.25) is 10.1 Å². The Bertz CT molecular complexity index is 525. The van der Waals surface area contributed by atoms with E-state index >= 15 is 0 Å². The van der Waals surface area contributed by atoms with Crippen molar-refractivity contribution < 1.29 is 14.8 Å². The second-order valence-electron chi connectivity index (χ2n) is 3.87. The van der Waals surface area contributed by atoms with Crippen LogP contribution in [-0.4, -0.2) is 16.0 Å². The van der Waals surface area contributed by atoms with Gasteiger partial charge in [0.1, 0.15) is 0 Å². The van der Waals surface area contributed by atoms with E-state index in [0.29, 0.717) is 5.56 Å². The minimum Gasteiger partial charge on any atom is -0.478 e. The molecule has 5 nitrogen and oxygen atoms in total. The number of benzene rings is 1. The van der Waals surface area contributed by atoms with Crippen molar-refractivity contribution in [1.82, 2.24) is 0 Å². The minimum atomic E-state index is -1.06. The Hall–Kier alpha value is -1.88. The third-order valence-electron chi connectivity index (χ3n) is 2.52. The highest BCUT2D eigenvalue weighted by Gasteiger charge is 2.21. The summed E-state index contributed by atoms with van der Waals surface area (Å²) in [6.07, 6.45) is 1.44. The summed E-state index contributed by atoms with van der Waals surface area (Å²) in [6.45, 7) is 3.10. The molecule has 0 amide bonds. The molecule has 1 atom stereocenters. The molecular weight excluding hydrogens is 258 g/mol. The summed E-state index contributed by atoms with van der Waals surface area (Å²) >= 11 is 5.95. The topological polar surface area (TPSA) is 80.4 Å². The highest BCUT2D eigenvalue weighted by Crippen LogP contribution is 2.34. The predicted molar refractivity (Wildman–Crippen MR) is 67.9 cm³/mol. The number of nitro groups is 1. The molecule has 0 radical (unpaired) electrons. The number of hydrogen-bond donors (Lipinski definition) is 1. The largest absolute Gasteiger partial charge is 0.478 e. The first-order valence-electron chi connectivity index (χ1n) is 5.19. The Labute approximate surface area is 109 Å². The molecule has 0 saturated heterocycles. The van der Waals surface area contributed by atoms with Gasteiger partial charge in [0.15, 0.2) is 0 Å². The smallest absolute Gasteiger partial charge is 0.330 e. The van der Waals surface area contributed by atoms with Crippen molar-refractivity contribution in [3.05, 3.63) is 50.5 Å². The summed E-state index contributed by atoms with van der Waals surface area (Å²) in [4.78, 5) is 21.1. The molecule has 0 aliphatic carbocycles. The number of rotatable bonds is 4. The third kappa shape index (κ3) is 3.07. The van der Waals surface area contributed by atoms with Crippen LogP contribution in [0.25, 0.3) is 0 Å². The SMILES string of the molecule is CC(=CC(C)c1c(Cl)cccc1[N+](=O)[O-])C(=O)O. The summed E-state index contributed by atoms with van der Waals surface area (Å²) in [5.74, 6) is -1.51. The highest BCUT2D eigenvalue weighted by molar-refractivity contribution is 6.31. The van der Waals surface area contributed by atoms with Crippen LogP contribution in [0.5, 0.6) is 0 Å². The van der Waals surface area contributed by atoms with Crippen LogP contribution in [0.15, 0.2) is 29.8 Å². The maximum atomic E-state index is 10.9. The lowest BCUT2D eigenvalue weighted by Crippen LogP contribution is -2.02. The van der Waals surface area contributed by atoms with Crippen LogP contribution in [-0.2, 0) is 4.79 Å². The second kappa shape index (κ2) is 5.64. The van der Waals surface area contributed by atoms with Gasteiger partial charge >= 0.3 is 5.97 Å². The first-order valence-corrected chi connectivity index (χ1v) is 5.57. The van der Waals surface area contributed by atoms with E-state index < -0.39 is 16.8 Å². The number of halogens is 1. The van der Waals surface area contributed by atoms with Crippen molar-refractivity contribution >= 4 is 23.3 Å². The number of carboxylic acid groups (broad SMARTS) is 1. The summed E-state index contributed by atoms with van der Waals surface area (Å²) in [7, 11) is 0. The lowest BCUT2D eigenvalue weighted by atomic mass is 9.97. The van der Waals surface area contributed by atoms with Crippen molar-refractivity contribution in [2.24, 2.45) is 0 Å². The van der Waals surface area contributed by atoms with Crippen LogP contribution >= 0.6 is 11.6 Å². The van der Waals surface area contributed by atoms with Gasteiger partial charge < -0.3 is 5.11 Å². The van der Waals surface area contributed by atoms with Crippen molar-refractivity contribution in [2.75, 3.05) is 0 Å². The number of nitro benzene ring substituents is 1. The molecule has 0 aliphatic rings. The first-order chi connectivity index (χ1) is 8.34. The molecule has 18 heavy (non-hydrogen) atoms. The molecule has 1 N–H and O–H groups in total. The van der Waals surface area contributed by atoms with Gasteiger partial charge in [-0.15, -0.1) is 0 Å². The first kappa shape index (κ1) is 14.2. The number of nitrogens with zero attached hydrogens (tertiary/aromatic N) is 1. The number of allylic oxidation sites excluding steroid dienone is 1. The maximum absolute atomic E-state index is 10.9. The fourth-order valence-corrected chi connectivity index (χ4v) is 2.01. The molecule has 0 saturated carbocycles. The van der Waals surface area contributed by atoms with Crippen molar-refractivity contribution in [2.45, 2.75) is 19.8 Å². The van der Waals surface area contributed by atoms with Gasteiger partial charge in [-0.25, -0.2) is 4.79 Å². The molecule has 96 valence electrons. The van der Waals surface area contributed by atoms with Crippen LogP contribution in [0, 0.1) is 10.1 Å². The quantitative estimate of drug-likeness (QED) is 0.516. The van der Waals surface area contributed by atoms with Gasteiger partial charge in [0, 0.05) is 17.6 Å². The van der Waals surface area contributed by atoms with Gasteiger partial charge in [0.25, 0.3) is 5.69 Å². The van der Waals surface area contributed by atoms with E-state index in [4.69, 9.17) is 16.7 Å². The molecule has 6 heteroatoms.